The van der Waals surface area contributed by atoms with E-state index >= 15 is 0 Å². The largest absolute Gasteiger partial charge is 0.336 e. The van der Waals surface area contributed by atoms with Crippen molar-refractivity contribution in [2.45, 2.75) is 57.4 Å². The van der Waals surface area contributed by atoms with Crippen molar-refractivity contribution in [3.8, 4) is 0 Å². The van der Waals surface area contributed by atoms with E-state index in [9.17, 15) is 4.79 Å². The molecule has 1 fully saturated rings. The highest BCUT2D eigenvalue weighted by atomic mass is 32.1. The SMILES string of the molecule is CNC1CCCN(C(=O)c2cc3c(s2)CCCCCC3)C1. The fourth-order valence-corrected chi connectivity index (χ4v) is 4.72. The summed E-state index contributed by atoms with van der Waals surface area (Å²) >= 11 is 1.76. The molecule has 1 N–H and O–H groups in total. The highest BCUT2D eigenvalue weighted by Gasteiger charge is 2.25. The molecule has 3 nitrogen and oxygen atoms in total. The van der Waals surface area contributed by atoms with E-state index in [0.717, 1.165) is 30.8 Å². The number of likely N-dealkylation sites (N-methyl/N-ethyl adjacent to an activating group) is 1. The first-order chi connectivity index (χ1) is 10.3. The molecule has 3 rings (SSSR count). The van der Waals surface area contributed by atoms with Crippen LogP contribution in [0.15, 0.2) is 6.07 Å². The second-order valence-corrected chi connectivity index (χ2v) is 7.49. The number of hydrogen-bond acceptors (Lipinski definition) is 3. The summed E-state index contributed by atoms with van der Waals surface area (Å²) in [5.41, 5.74) is 1.45. The number of carbonyl (C=O) groups is 1. The molecule has 0 bridgehead atoms. The predicted octanol–water partition coefficient (Wildman–Crippen LogP) is 3.23. The smallest absolute Gasteiger partial charge is 0.263 e. The van der Waals surface area contributed by atoms with Gasteiger partial charge in [-0.3, -0.25) is 4.79 Å². The molecule has 2 heterocycles. The van der Waals surface area contributed by atoms with Crippen molar-refractivity contribution in [2.75, 3.05) is 20.1 Å². The first-order valence-corrected chi connectivity index (χ1v) is 9.17. The highest BCUT2D eigenvalue weighted by molar-refractivity contribution is 7.14. The van der Waals surface area contributed by atoms with Gasteiger partial charge in [-0.15, -0.1) is 11.3 Å². The predicted molar refractivity (Wildman–Crippen MR) is 88.2 cm³/mol. The van der Waals surface area contributed by atoms with Crippen molar-refractivity contribution in [2.24, 2.45) is 0 Å². The Labute approximate surface area is 131 Å². The summed E-state index contributed by atoms with van der Waals surface area (Å²) in [5.74, 6) is 0.256. The molecule has 1 aliphatic heterocycles. The van der Waals surface area contributed by atoms with Crippen LogP contribution < -0.4 is 5.32 Å². The van der Waals surface area contributed by atoms with Crippen LogP contribution in [0.4, 0.5) is 0 Å². The second kappa shape index (κ2) is 6.93. The first kappa shape index (κ1) is 15.0. The molecule has 2 aliphatic rings. The minimum atomic E-state index is 0.256. The number of nitrogens with zero attached hydrogens (tertiary/aromatic N) is 1. The van der Waals surface area contributed by atoms with Crippen molar-refractivity contribution in [3.05, 3.63) is 21.4 Å². The van der Waals surface area contributed by atoms with Crippen LogP contribution in [0.1, 0.15) is 58.6 Å². The lowest BCUT2D eigenvalue weighted by Gasteiger charge is -2.32. The van der Waals surface area contributed by atoms with Crippen molar-refractivity contribution in [3.63, 3.8) is 0 Å². The number of hydrogen-bond donors (Lipinski definition) is 1. The second-order valence-electron chi connectivity index (χ2n) is 6.35. The normalized spacial score (nSPS) is 23.3. The summed E-state index contributed by atoms with van der Waals surface area (Å²) in [5, 5.41) is 3.32. The van der Waals surface area contributed by atoms with E-state index in [2.05, 4.69) is 11.4 Å². The van der Waals surface area contributed by atoms with Crippen molar-refractivity contribution >= 4 is 17.2 Å². The van der Waals surface area contributed by atoms with Crippen LogP contribution in [-0.2, 0) is 12.8 Å². The molecule has 1 saturated heterocycles. The summed E-state index contributed by atoms with van der Waals surface area (Å²) in [6, 6.07) is 2.65. The molecule has 21 heavy (non-hydrogen) atoms. The van der Waals surface area contributed by atoms with Gasteiger partial charge in [0.05, 0.1) is 4.88 Å². The van der Waals surface area contributed by atoms with Gasteiger partial charge in [-0.05, 0) is 57.2 Å². The summed E-state index contributed by atoms with van der Waals surface area (Å²) in [4.78, 5) is 17.2. The third-order valence-electron chi connectivity index (χ3n) is 4.82. The molecule has 0 radical (unpaired) electrons. The van der Waals surface area contributed by atoms with Crippen LogP contribution in [0, 0.1) is 0 Å². The first-order valence-electron chi connectivity index (χ1n) is 8.36. The average Bonchev–Trinajstić information content (AvgIpc) is 2.89. The number of likely N-dealkylation sites (tertiary alicyclic amines) is 1. The van der Waals surface area contributed by atoms with Gasteiger partial charge in [0.25, 0.3) is 5.91 Å². The summed E-state index contributed by atoms with van der Waals surface area (Å²) in [6.45, 7) is 1.78. The van der Waals surface area contributed by atoms with Crippen molar-refractivity contribution in [1.82, 2.24) is 10.2 Å². The lowest BCUT2D eigenvalue weighted by atomic mass is 9.99. The zero-order valence-electron chi connectivity index (χ0n) is 13.0. The van der Waals surface area contributed by atoms with Crippen LogP contribution in [0.3, 0.4) is 0 Å². The lowest BCUT2D eigenvalue weighted by Crippen LogP contribution is -2.46. The van der Waals surface area contributed by atoms with Gasteiger partial charge in [0.1, 0.15) is 0 Å². The number of fused-ring (bicyclic) bond motifs is 1. The van der Waals surface area contributed by atoms with Gasteiger partial charge >= 0.3 is 0 Å². The Morgan fingerprint density at radius 1 is 1.24 bits per heavy atom. The summed E-state index contributed by atoms with van der Waals surface area (Å²) in [7, 11) is 2.00. The number of piperidine rings is 1. The molecule has 1 unspecified atom stereocenters. The molecule has 1 aromatic heterocycles. The number of thiophene rings is 1. The third-order valence-corrected chi connectivity index (χ3v) is 6.05. The quantitative estimate of drug-likeness (QED) is 0.910. The van der Waals surface area contributed by atoms with Crippen LogP contribution in [0.2, 0.25) is 0 Å². The summed E-state index contributed by atoms with van der Waals surface area (Å²) < 4.78 is 0. The molecule has 0 spiro atoms. The van der Waals surface area contributed by atoms with Crippen LogP contribution in [-0.4, -0.2) is 37.0 Å². The molecule has 1 amide bonds. The molecular formula is C17H26N2OS. The van der Waals surface area contributed by atoms with Gasteiger partial charge in [0, 0.05) is 24.0 Å². The Morgan fingerprint density at radius 2 is 2.05 bits per heavy atom. The van der Waals surface area contributed by atoms with E-state index in [1.807, 2.05) is 11.9 Å². The van der Waals surface area contributed by atoms with E-state index in [1.165, 1.54) is 49.0 Å². The van der Waals surface area contributed by atoms with E-state index in [0.29, 0.717) is 6.04 Å². The number of carbonyl (C=O) groups excluding carboxylic acids is 1. The third kappa shape index (κ3) is 3.49. The van der Waals surface area contributed by atoms with Gasteiger partial charge in [-0.1, -0.05) is 12.8 Å². The van der Waals surface area contributed by atoms with Gasteiger partial charge in [-0.25, -0.2) is 0 Å². The Morgan fingerprint density at radius 3 is 2.86 bits per heavy atom. The monoisotopic (exact) mass is 306 g/mol. The molecule has 0 saturated carbocycles. The van der Waals surface area contributed by atoms with Crippen molar-refractivity contribution < 1.29 is 4.79 Å². The van der Waals surface area contributed by atoms with Gasteiger partial charge in [0.2, 0.25) is 0 Å². The fraction of sp³-hybridized carbons (Fsp3) is 0.706. The zero-order valence-corrected chi connectivity index (χ0v) is 13.8. The van der Waals surface area contributed by atoms with Crippen LogP contribution >= 0.6 is 11.3 Å². The molecule has 1 aliphatic carbocycles. The van der Waals surface area contributed by atoms with Gasteiger partial charge < -0.3 is 10.2 Å². The van der Waals surface area contributed by atoms with Crippen molar-refractivity contribution in [1.29, 1.82) is 0 Å². The van der Waals surface area contributed by atoms with Crippen LogP contribution in [0.25, 0.3) is 0 Å². The molecule has 0 aromatic carbocycles. The Hall–Kier alpha value is -0.870. The number of aryl methyl sites for hydroxylation is 2. The number of amides is 1. The van der Waals surface area contributed by atoms with Gasteiger partial charge in [-0.2, -0.15) is 0 Å². The van der Waals surface area contributed by atoms with Gasteiger partial charge in [0.15, 0.2) is 0 Å². The maximum absolute atomic E-state index is 12.8. The van der Waals surface area contributed by atoms with Crippen LogP contribution in [0.5, 0.6) is 0 Å². The number of rotatable bonds is 2. The molecule has 1 atom stereocenters. The Bertz CT molecular complexity index is 471. The van der Waals surface area contributed by atoms with E-state index < -0.39 is 0 Å². The van der Waals surface area contributed by atoms with E-state index in [1.54, 1.807) is 11.3 Å². The molecule has 116 valence electrons. The molecule has 1 aromatic rings. The zero-order chi connectivity index (χ0) is 14.7. The highest BCUT2D eigenvalue weighted by Crippen LogP contribution is 2.29. The maximum atomic E-state index is 12.8. The molecular weight excluding hydrogens is 280 g/mol. The minimum Gasteiger partial charge on any atom is -0.336 e. The Balaban J connectivity index is 1.73. The van der Waals surface area contributed by atoms with E-state index in [4.69, 9.17) is 0 Å². The lowest BCUT2D eigenvalue weighted by molar-refractivity contribution is 0.0703. The van der Waals surface area contributed by atoms with E-state index in [-0.39, 0.29) is 5.91 Å². The fourth-order valence-electron chi connectivity index (χ4n) is 3.50. The molecule has 4 heteroatoms. The average molecular weight is 306 g/mol. The summed E-state index contributed by atoms with van der Waals surface area (Å²) in [6.07, 6.45) is 9.88. The topological polar surface area (TPSA) is 32.3 Å². The Kier molecular flexibility index (Phi) is 4.96. The minimum absolute atomic E-state index is 0.256. The standard InChI is InChI=1S/C17H26N2OS/c1-18-14-8-6-10-19(12-14)17(20)16-11-13-7-4-2-3-5-9-15(13)21-16/h11,14,18H,2-10,12H2,1H3. The maximum Gasteiger partial charge on any atom is 0.263 e. The number of nitrogens with one attached hydrogen (secondary N) is 1.